The molecule has 0 aromatic heterocycles. The molecule has 0 rings (SSSR count). The van der Waals surface area contributed by atoms with E-state index in [4.69, 9.17) is 11.6 Å². The van der Waals surface area contributed by atoms with Gasteiger partial charge in [-0.05, 0) is 18.3 Å². The standard InChI is InChI=1S/C12H25Cl/c1-5-6-7-8-9-11(4)12(13)10(2)3/h10-12H,5-9H2,1-4H3. The van der Waals surface area contributed by atoms with Gasteiger partial charge >= 0.3 is 0 Å². The van der Waals surface area contributed by atoms with Gasteiger partial charge in [-0.1, -0.05) is 53.4 Å². The average molecular weight is 205 g/mol. The van der Waals surface area contributed by atoms with Crippen molar-refractivity contribution in [3.63, 3.8) is 0 Å². The predicted molar refractivity (Wildman–Crippen MR) is 62.4 cm³/mol. The summed E-state index contributed by atoms with van der Waals surface area (Å²) in [6.07, 6.45) is 6.73. The fourth-order valence-electron chi connectivity index (χ4n) is 1.71. The van der Waals surface area contributed by atoms with Crippen molar-refractivity contribution in [2.45, 2.75) is 65.2 Å². The second kappa shape index (κ2) is 7.67. The van der Waals surface area contributed by atoms with E-state index in [1.807, 2.05) is 0 Å². The molecule has 0 aliphatic heterocycles. The van der Waals surface area contributed by atoms with Crippen LogP contribution in [0.2, 0.25) is 0 Å². The molecule has 0 saturated carbocycles. The van der Waals surface area contributed by atoms with Crippen LogP contribution in [0.4, 0.5) is 0 Å². The number of hydrogen-bond acceptors (Lipinski definition) is 0. The lowest BCUT2D eigenvalue weighted by atomic mass is 9.93. The second-order valence-electron chi connectivity index (χ2n) is 4.52. The van der Waals surface area contributed by atoms with Crippen LogP contribution in [0.25, 0.3) is 0 Å². The molecule has 0 aliphatic carbocycles. The molecule has 80 valence electrons. The Morgan fingerprint density at radius 2 is 1.62 bits per heavy atom. The first-order chi connectivity index (χ1) is 6.09. The Hall–Kier alpha value is 0.290. The Morgan fingerprint density at radius 3 is 2.08 bits per heavy atom. The highest BCUT2D eigenvalue weighted by Gasteiger charge is 2.16. The maximum absolute atomic E-state index is 6.28. The topological polar surface area (TPSA) is 0 Å². The van der Waals surface area contributed by atoms with Crippen molar-refractivity contribution in [1.82, 2.24) is 0 Å². The van der Waals surface area contributed by atoms with Crippen LogP contribution in [0.15, 0.2) is 0 Å². The van der Waals surface area contributed by atoms with Gasteiger partial charge in [0, 0.05) is 5.38 Å². The van der Waals surface area contributed by atoms with Gasteiger partial charge in [0.25, 0.3) is 0 Å². The first kappa shape index (κ1) is 13.3. The summed E-state index contributed by atoms with van der Waals surface area (Å²) in [5.74, 6) is 1.29. The highest BCUT2D eigenvalue weighted by atomic mass is 35.5. The van der Waals surface area contributed by atoms with Crippen LogP contribution in [-0.4, -0.2) is 5.38 Å². The highest BCUT2D eigenvalue weighted by Crippen LogP contribution is 2.23. The Balaban J connectivity index is 3.44. The Bertz CT molecular complexity index is 110. The zero-order valence-corrected chi connectivity index (χ0v) is 10.4. The zero-order valence-electron chi connectivity index (χ0n) is 9.65. The molecule has 0 aromatic rings. The molecule has 0 saturated heterocycles. The van der Waals surface area contributed by atoms with E-state index >= 15 is 0 Å². The van der Waals surface area contributed by atoms with Gasteiger partial charge < -0.3 is 0 Å². The van der Waals surface area contributed by atoms with E-state index in [0.717, 1.165) is 0 Å². The van der Waals surface area contributed by atoms with Gasteiger partial charge in [0.1, 0.15) is 0 Å². The summed E-state index contributed by atoms with van der Waals surface area (Å²) in [7, 11) is 0. The van der Waals surface area contributed by atoms with Crippen molar-refractivity contribution in [1.29, 1.82) is 0 Å². The lowest BCUT2D eigenvalue weighted by molar-refractivity contribution is 0.407. The lowest BCUT2D eigenvalue weighted by Crippen LogP contribution is -2.17. The molecular weight excluding hydrogens is 180 g/mol. The van der Waals surface area contributed by atoms with Crippen molar-refractivity contribution in [3.8, 4) is 0 Å². The quantitative estimate of drug-likeness (QED) is 0.411. The van der Waals surface area contributed by atoms with E-state index in [1.165, 1.54) is 32.1 Å². The van der Waals surface area contributed by atoms with Crippen LogP contribution >= 0.6 is 11.6 Å². The van der Waals surface area contributed by atoms with Gasteiger partial charge in [0.15, 0.2) is 0 Å². The summed E-state index contributed by atoms with van der Waals surface area (Å²) in [4.78, 5) is 0. The molecule has 0 heterocycles. The lowest BCUT2D eigenvalue weighted by Gasteiger charge is -2.21. The number of halogens is 1. The van der Waals surface area contributed by atoms with Crippen molar-refractivity contribution in [3.05, 3.63) is 0 Å². The predicted octanol–water partition coefficient (Wildman–Crippen LogP) is 4.86. The van der Waals surface area contributed by atoms with Crippen molar-refractivity contribution >= 4 is 11.6 Å². The molecule has 0 spiro atoms. The molecule has 1 heteroatoms. The first-order valence-corrected chi connectivity index (χ1v) is 6.17. The Kier molecular flexibility index (Phi) is 7.84. The van der Waals surface area contributed by atoms with Crippen LogP contribution in [0.3, 0.4) is 0 Å². The molecule has 13 heavy (non-hydrogen) atoms. The molecule has 0 radical (unpaired) electrons. The molecule has 0 fully saturated rings. The highest BCUT2D eigenvalue weighted by molar-refractivity contribution is 6.20. The van der Waals surface area contributed by atoms with Gasteiger partial charge in [-0.2, -0.15) is 0 Å². The Labute approximate surface area is 89.1 Å². The monoisotopic (exact) mass is 204 g/mol. The third-order valence-electron chi connectivity index (χ3n) is 2.69. The summed E-state index contributed by atoms with van der Waals surface area (Å²) in [6.45, 7) is 8.95. The van der Waals surface area contributed by atoms with Gasteiger partial charge in [-0.3, -0.25) is 0 Å². The maximum Gasteiger partial charge on any atom is 0.0384 e. The molecule has 0 N–H and O–H groups in total. The first-order valence-electron chi connectivity index (χ1n) is 5.73. The van der Waals surface area contributed by atoms with E-state index < -0.39 is 0 Å². The largest absolute Gasteiger partial charge is 0.122 e. The van der Waals surface area contributed by atoms with Gasteiger partial charge in [0.05, 0.1) is 0 Å². The van der Waals surface area contributed by atoms with Crippen LogP contribution in [0.1, 0.15) is 59.8 Å². The number of unbranched alkanes of at least 4 members (excludes halogenated alkanes) is 3. The fourth-order valence-corrected chi connectivity index (χ4v) is 1.84. The fraction of sp³-hybridized carbons (Fsp3) is 1.00. The molecule has 0 amide bonds. The van der Waals surface area contributed by atoms with Crippen molar-refractivity contribution < 1.29 is 0 Å². The number of alkyl halides is 1. The van der Waals surface area contributed by atoms with Gasteiger partial charge in [-0.25, -0.2) is 0 Å². The zero-order chi connectivity index (χ0) is 10.3. The van der Waals surface area contributed by atoms with E-state index in [-0.39, 0.29) is 0 Å². The SMILES string of the molecule is CCCCCCC(C)C(Cl)C(C)C. The van der Waals surface area contributed by atoms with Gasteiger partial charge in [-0.15, -0.1) is 11.6 Å². The minimum atomic E-state index is 0.363. The average Bonchev–Trinajstić information content (AvgIpc) is 2.10. The summed E-state index contributed by atoms with van der Waals surface area (Å²) in [5.41, 5.74) is 0. The molecule has 0 aromatic carbocycles. The van der Waals surface area contributed by atoms with E-state index in [2.05, 4.69) is 27.7 Å². The minimum Gasteiger partial charge on any atom is -0.122 e. The van der Waals surface area contributed by atoms with Crippen LogP contribution in [0.5, 0.6) is 0 Å². The molecular formula is C12H25Cl. The third kappa shape index (κ3) is 6.37. The van der Waals surface area contributed by atoms with E-state index in [0.29, 0.717) is 17.2 Å². The van der Waals surface area contributed by atoms with Crippen LogP contribution in [0, 0.1) is 11.8 Å². The van der Waals surface area contributed by atoms with Crippen molar-refractivity contribution in [2.75, 3.05) is 0 Å². The summed E-state index contributed by atoms with van der Waals surface area (Å²) < 4.78 is 0. The number of hydrogen-bond donors (Lipinski definition) is 0. The molecule has 0 bridgehead atoms. The normalized spacial score (nSPS) is 16.2. The molecule has 0 aliphatic rings. The molecule has 2 unspecified atom stereocenters. The Morgan fingerprint density at radius 1 is 1.00 bits per heavy atom. The van der Waals surface area contributed by atoms with E-state index in [9.17, 15) is 0 Å². The molecule has 2 atom stereocenters. The summed E-state index contributed by atoms with van der Waals surface area (Å²) >= 11 is 6.28. The molecule has 0 nitrogen and oxygen atoms in total. The minimum absolute atomic E-state index is 0.363. The van der Waals surface area contributed by atoms with Crippen LogP contribution < -0.4 is 0 Å². The second-order valence-corrected chi connectivity index (χ2v) is 5.02. The summed E-state index contributed by atoms with van der Waals surface area (Å²) in [5, 5.41) is 0.363. The number of rotatable bonds is 7. The third-order valence-corrected chi connectivity index (χ3v) is 3.63. The van der Waals surface area contributed by atoms with Gasteiger partial charge in [0.2, 0.25) is 0 Å². The smallest absolute Gasteiger partial charge is 0.0384 e. The maximum atomic E-state index is 6.28. The summed E-state index contributed by atoms with van der Waals surface area (Å²) in [6, 6.07) is 0. The van der Waals surface area contributed by atoms with Crippen molar-refractivity contribution in [2.24, 2.45) is 11.8 Å². The van der Waals surface area contributed by atoms with Crippen LogP contribution in [-0.2, 0) is 0 Å². The van der Waals surface area contributed by atoms with E-state index in [1.54, 1.807) is 0 Å².